The monoisotopic (exact) mass is 259 g/mol. The zero-order chi connectivity index (χ0) is 13.4. The predicted octanol–water partition coefficient (Wildman–Crippen LogP) is 2.72. The number of anilines is 1. The van der Waals surface area contributed by atoms with Crippen molar-refractivity contribution >= 4 is 11.7 Å². The van der Waals surface area contributed by atoms with Crippen molar-refractivity contribution in [1.29, 1.82) is 0 Å². The summed E-state index contributed by atoms with van der Waals surface area (Å²) in [6.45, 7) is 0.857. The normalized spacial score (nSPS) is 24.7. The molecule has 0 spiro atoms. The Morgan fingerprint density at radius 3 is 2.74 bits per heavy atom. The number of aliphatic carboxylic acids is 1. The van der Waals surface area contributed by atoms with E-state index in [9.17, 15) is 4.79 Å². The van der Waals surface area contributed by atoms with Crippen molar-refractivity contribution in [2.24, 2.45) is 11.8 Å². The van der Waals surface area contributed by atoms with Gasteiger partial charge in [0.1, 0.15) is 0 Å². The second-order valence-corrected chi connectivity index (χ2v) is 5.98. The Bertz CT molecular complexity index is 498. The van der Waals surface area contributed by atoms with E-state index in [1.165, 1.54) is 42.5 Å². The fourth-order valence-electron chi connectivity index (χ4n) is 3.17. The van der Waals surface area contributed by atoms with E-state index in [-0.39, 0.29) is 5.92 Å². The highest BCUT2D eigenvalue weighted by atomic mass is 16.4. The zero-order valence-electron chi connectivity index (χ0n) is 11.4. The molecule has 0 aromatic heterocycles. The van der Waals surface area contributed by atoms with Gasteiger partial charge in [-0.2, -0.15) is 0 Å². The van der Waals surface area contributed by atoms with Crippen molar-refractivity contribution in [3.05, 3.63) is 29.3 Å². The summed E-state index contributed by atoms with van der Waals surface area (Å²) in [6, 6.07) is 6.73. The van der Waals surface area contributed by atoms with Crippen LogP contribution >= 0.6 is 0 Å². The number of benzene rings is 1. The number of hydrogen-bond donors (Lipinski definition) is 1. The lowest BCUT2D eigenvalue weighted by Gasteiger charge is -2.23. The van der Waals surface area contributed by atoms with Gasteiger partial charge in [-0.1, -0.05) is 6.07 Å². The number of hydrogen-bond acceptors (Lipinski definition) is 2. The highest BCUT2D eigenvalue weighted by molar-refractivity contribution is 5.73. The second kappa shape index (κ2) is 4.87. The number of nitrogens with zero attached hydrogens (tertiary/aromatic N) is 1. The largest absolute Gasteiger partial charge is 0.481 e. The molecule has 0 heterocycles. The van der Waals surface area contributed by atoms with E-state index in [4.69, 9.17) is 5.11 Å². The van der Waals surface area contributed by atoms with Crippen LogP contribution in [0.1, 0.15) is 30.4 Å². The molecule has 0 bridgehead atoms. The Labute approximate surface area is 114 Å². The van der Waals surface area contributed by atoms with Gasteiger partial charge in [-0.3, -0.25) is 4.79 Å². The summed E-state index contributed by atoms with van der Waals surface area (Å²) in [6.07, 6.45) is 5.85. The summed E-state index contributed by atoms with van der Waals surface area (Å²) in [5.74, 6) is -0.414. The van der Waals surface area contributed by atoms with Gasteiger partial charge < -0.3 is 10.0 Å². The Balaban J connectivity index is 1.67. The summed E-state index contributed by atoms with van der Waals surface area (Å²) in [7, 11) is 2.07. The topological polar surface area (TPSA) is 40.5 Å². The molecule has 0 aliphatic heterocycles. The number of carbonyl (C=O) groups is 1. The van der Waals surface area contributed by atoms with Gasteiger partial charge in [-0.05, 0) is 61.3 Å². The molecule has 3 nitrogen and oxygen atoms in total. The van der Waals surface area contributed by atoms with E-state index < -0.39 is 5.97 Å². The number of carboxylic acid groups (broad SMARTS) is 1. The van der Waals surface area contributed by atoms with Gasteiger partial charge >= 0.3 is 5.97 Å². The second-order valence-electron chi connectivity index (χ2n) is 5.98. The van der Waals surface area contributed by atoms with Gasteiger partial charge in [0.15, 0.2) is 0 Å². The summed E-state index contributed by atoms with van der Waals surface area (Å²) in [5, 5.41) is 8.95. The van der Waals surface area contributed by atoms with Crippen molar-refractivity contribution < 1.29 is 9.90 Å². The Hall–Kier alpha value is -1.51. The molecular formula is C16H21NO2. The van der Waals surface area contributed by atoms with Gasteiger partial charge in [-0.25, -0.2) is 0 Å². The van der Waals surface area contributed by atoms with E-state index in [1.807, 2.05) is 0 Å². The molecule has 2 aliphatic rings. The molecule has 2 unspecified atom stereocenters. The fraction of sp³-hybridized carbons (Fsp3) is 0.562. The Kier molecular flexibility index (Phi) is 3.21. The molecule has 0 amide bonds. The van der Waals surface area contributed by atoms with E-state index in [2.05, 4.69) is 30.1 Å². The molecule has 0 radical (unpaired) electrons. The molecule has 102 valence electrons. The average molecular weight is 259 g/mol. The summed E-state index contributed by atoms with van der Waals surface area (Å²) < 4.78 is 0. The molecule has 3 rings (SSSR count). The molecule has 3 heteroatoms. The summed E-state index contributed by atoms with van der Waals surface area (Å²) >= 11 is 0. The molecule has 2 atom stereocenters. The van der Waals surface area contributed by atoms with Gasteiger partial charge in [0.05, 0.1) is 5.92 Å². The predicted molar refractivity (Wildman–Crippen MR) is 75.6 cm³/mol. The molecule has 1 aromatic carbocycles. The molecule has 0 saturated heterocycles. The van der Waals surface area contributed by atoms with Crippen molar-refractivity contribution in [2.45, 2.75) is 32.1 Å². The Morgan fingerprint density at radius 1 is 1.32 bits per heavy atom. The van der Waals surface area contributed by atoms with Crippen molar-refractivity contribution in [3.63, 3.8) is 0 Å². The van der Waals surface area contributed by atoms with Crippen molar-refractivity contribution in [2.75, 3.05) is 18.5 Å². The van der Waals surface area contributed by atoms with E-state index in [0.29, 0.717) is 5.92 Å². The fourth-order valence-corrected chi connectivity index (χ4v) is 3.17. The van der Waals surface area contributed by atoms with Crippen LogP contribution in [-0.4, -0.2) is 24.7 Å². The molecule has 19 heavy (non-hydrogen) atoms. The molecule has 2 aliphatic carbocycles. The third-order valence-corrected chi connectivity index (χ3v) is 4.52. The summed E-state index contributed by atoms with van der Waals surface area (Å²) in [4.78, 5) is 13.1. The van der Waals surface area contributed by atoms with Gasteiger partial charge in [0.2, 0.25) is 0 Å². The van der Waals surface area contributed by atoms with Crippen LogP contribution in [0.2, 0.25) is 0 Å². The zero-order valence-corrected chi connectivity index (χ0v) is 11.4. The van der Waals surface area contributed by atoms with Crippen LogP contribution in [0.3, 0.4) is 0 Å². The van der Waals surface area contributed by atoms with Gasteiger partial charge in [-0.15, -0.1) is 0 Å². The van der Waals surface area contributed by atoms with Crippen molar-refractivity contribution in [3.8, 4) is 0 Å². The van der Waals surface area contributed by atoms with Crippen LogP contribution < -0.4 is 4.90 Å². The van der Waals surface area contributed by atoms with Gasteiger partial charge in [0, 0.05) is 19.3 Å². The minimum atomic E-state index is -0.635. The molecule has 1 fully saturated rings. The lowest BCUT2D eigenvalue weighted by Crippen LogP contribution is -2.22. The number of rotatable bonds is 4. The average Bonchev–Trinajstić information content (AvgIpc) is 3.17. The molecule has 1 aromatic rings. The van der Waals surface area contributed by atoms with E-state index in [0.717, 1.165) is 13.0 Å². The smallest absolute Gasteiger partial charge is 0.306 e. The Morgan fingerprint density at radius 2 is 2.05 bits per heavy atom. The maximum Gasteiger partial charge on any atom is 0.306 e. The highest BCUT2D eigenvalue weighted by Crippen LogP contribution is 2.39. The lowest BCUT2D eigenvalue weighted by atomic mass is 9.91. The van der Waals surface area contributed by atoms with Crippen LogP contribution in [-0.2, 0) is 17.6 Å². The third-order valence-electron chi connectivity index (χ3n) is 4.52. The SMILES string of the molecule is CN(CC1CC1C(=O)O)c1ccc2c(c1)CCCC2. The molecular weight excluding hydrogens is 238 g/mol. The maximum atomic E-state index is 10.9. The van der Waals surface area contributed by atoms with Crippen LogP contribution in [0, 0.1) is 11.8 Å². The standard InChI is InChI=1S/C16H21NO2/c1-17(10-13-9-15(13)16(18)19)14-7-6-11-4-2-3-5-12(11)8-14/h6-8,13,15H,2-5,9-10H2,1H3,(H,18,19). The lowest BCUT2D eigenvalue weighted by molar-refractivity contribution is -0.138. The minimum Gasteiger partial charge on any atom is -0.481 e. The minimum absolute atomic E-state index is 0.111. The first-order chi connectivity index (χ1) is 9.15. The maximum absolute atomic E-state index is 10.9. The van der Waals surface area contributed by atoms with E-state index >= 15 is 0 Å². The van der Waals surface area contributed by atoms with Crippen LogP contribution in [0.5, 0.6) is 0 Å². The number of fused-ring (bicyclic) bond motifs is 1. The first-order valence-corrected chi connectivity index (χ1v) is 7.21. The third kappa shape index (κ3) is 2.60. The van der Waals surface area contributed by atoms with Crippen LogP contribution in [0.25, 0.3) is 0 Å². The molecule has 1 N–H and O–H groups in total. The van der Waals surface area contributed by atoms with Crippen molar-refractivity contribution in [1.82, 2.24) is 0 Å². The number of aryl methyl sites for hydroxylation is 2. The number of carboxylic acids is 1. The van der Waals surface area contributed by atoms with E-state index in [1.54, 1.807) is 0 Å². The highest BCUT2D eigenvalue weighted by Gasteiger charge is 2.43. The first-order valence-electron chi connectivity index (χ1n) is 7.21. The quantitative estimate of drug-likeness (QED) is 0.904. The summed E-state index contributed by atoms with van der Waals surface area (Å²) in [5.41, 5.74) is 4.22. The van der Waals surface area contributed by atoms with Crippen LogP contribution in [0.15, 0.2) is 18.2 Å². The molecule has 1 saturated carbocycles. The van der Waals surface area contributed by atoms with Gasteiger partial charge in [0.25, 0.3) is 0 Å². The van der Waals surface area contributed by atoms with Crippen LogP contribution in [0.4, 0.5) is 5.69 Å². The first kappa shape index (κ1) is 12.5.